The molecule has 0 spiro atoms. The lowest BCUT2D eigenvalue weighted by atomic mass is 9.85. The number of aliphatic hydroxyl groups is 6. The molecule has 0 radical (unpaired) electrons. The van der Waals surface area contributed by atoms with Gasteiger partial charge in [0.15, 0.2) is 30.5 Å². The van der Waals surface area contributed by atoms with Gasteiger partial charge in [-0.3, -0.25) is 57.4 Å². The molecule has 2 fully saturated rings. The van der Waals surface area contributed by atoms with E-state index in [0.717, 1.165) is 66.7 Å². The highest BCUT2D eigenvalue weighted by molar-refractivity contribution is 6.42. The molecule has 7 aromatic rings. The molecule has 8 heterocycles. The number of anilines is 1. The number of nitrogens with one attached hydrogen (secondary N) is 11. The normalized spacial score (nSPS) is 25.6. The van der Waals surface area contributed by atoms with Gasteiger partial charge in [0, 0.05) is 55.5 Å². The number of hydroxylamine groups is 1. The summed E-state index contributed by atoms with van der Waals surface area (Å²) in [6.07, 6.45) is -18.5. The molecule has 7 aliphatic heterocycles. The summed E-state index contributed by atoms with van der Waals surface area (Å²) in [5.41, 5.74) is 3.15. The van der Waals surface area contributed by atoms with Crippen LogP contribution in [0.3, 0.4) is 0 Å². The maximum Gasteiger partial charge on any atom is 0.349 e. The largest absolute Gasteiger partial charge is 0.508 e. The van der Waals surface area contributed by atoms with Crippen LogP contribution in [0.15, 0.2) is 114 Å². The molecule has 11 bridgehead atoms. The number of amides is 10. The lowest BCUT2D eigenvalue weighted by molar-refractivity contribution is -0.334. The van der Waals surface area contributed by atoms with Crippen molar-refractivity contribution < 1.29 is 127 Å². The first-order valence-corrected chi connectivity index (χ1v) is 41.4. The number of ether oxygens (including phenoxy) is 6. The summed E-state index contributed by atoms with van der Waals surface area (Å²) < 4.78 is 40.6. The van der Waals surface area contributed by atoms with Crippen molar-refractivity contribution in [2.45, 2.75) is 169 Å². The third-order valence-electron chi connectivity index (χ3n) is 21.8. The first-order valence-electron chi connectivity index (χ1n) is 39.9. The second kappa shape index (κ2) is 40.8. The molecule has 22 N–H and O–H groups in total. The van der Waals surface area contributed by atoms with Crippen molar-refractivity contribution in [2.75, 3.05) is 39.2 Å². The number of phenols is 3. The van der Waals surface area contributed by atoms with Crippen molar-refractivity contribution in [2.24, 2.45) is 11.7 Å². The minimum Gasteiger partial charge on any atom is -0.508 e. The van der Waals surface area contributed by atoms with Gasteiger partial charge < -0.3 is 133 Å². The first-order chi connectivity index (χ1) is 60.7. The van der Waals surface area contributed by atoms with E-state index in [0.29, 0.717) is 5.56 Å². The fourth-order valence-electron chi connectivity index (χ4n) is 15.1. The van der Waals surface area contributed by atoms with Gasteiger partial charge in [-0.1, -0.05) is 84.5 Å². The van der Waals surface area contributed by atoms with Crippen LogP contribution < -0.4 is 84.3 Å². The van der Waals surface area contributed by atoms with Gasteiger partial charge in [-0.15, -0.1) is 0 Å². The van der Waals surface area contributed by atoms with Gasteiger partial charge in [-0.25, -0.2) is 10.3 Å². The maximum atomic E-state index is 16.4. The van der Waals surface area contributed by atoms with Crippen LogP contribution in [0.5, 0.6) is 46.0 Å². The number of hydrogen-bond donors (Lipinski definition) is 21. The van der Waals surface area contributed by atoms with Crippen LogP contribution in [0.25, 0.3) is 11.1 Å². The number of likely N-dealkylation sites (N-methyl/N-ethyl adjacent to an activating group) is 2. The highest BCUT2D eigenvalue weighted by Gasteiger charge is 2.52. The number of fused-ring (bicyclic) bond motifs is 15. The second-order valence-electron chi connectivity index (χ2n) is 31.4. The highest BCUT2D eigenvalue weighted by atomic mass is 35.5. The molecule has 2 saturated heterocycles. The number of phenolic OH excluding ortho intramolecular Hbond substituents is 3. The van der Waals surface area contributed by atoms with E-state index in [2.05, 4.69) is 58.2 Å². The van der Waals surface area contributed by atoms with Gasteiger partial charge in [0.05, 0.1) is 57.8 Å². The third-order valence-corrected chi connectivity index (χ3v) is 23.1. The number of nitrogens with zero attached hydrogens (tertiary/aromatic N) is 2. The Morgan fingerprint density at radius 3 is 1.98 bits per heavy atom. The van der Waals surface area contributed by atoms with Crippen LogP contribution in [0.4, 0.5) is 5.82 Å². The van der Waals surface area contributed by atoms with Crippen molar-refractivity contribution in [3.05, 3.63) is 173 Å². The zero-order valence-corrected chi connectivity index (χ0v) is 71.8. The lowest BCUT2D eigenvalue weighted by Crippen LogP contribution is -2.65. The average Bonchev–Trinajstić information content (AvgIpc) is 0.776. The SMILES string of the molecule is CNC(=O)CONC(=O)[C@@H]1NC(=O)[C@H]2NC(=O)[C@H](NC(=O)[C@@H]3NC(=O)[C@H](CC(N)=O)NC(=O)[C@H](NC(=O)[C@@H](CC(C)C)NC)[C@H](O)c4ccc(c(Cl)c4)Oc4cc3cc(c4O[C@@H]3O[C@H](CO)[C@@H](O)[C@H](O)[C@H]3O[C@H]3C[C@](C)(NCCn4ccc(NC(=O)Cc5ccc(Cl)c(Cl)c5)nc4=O)[C@H](O)[C@H](C)O3)Oc3ccc(cc3Cl)[C@H]2O)c2ccc(O)c(c2)-c2c(O)cc(O)cc21. The Bertz CT molecular complexity index is 5510. The highest BCUT2D eigenvalue weighted by Crippen LogP contribution is 2.50. The molecule has 0 aliphatic carbocycles. The van der Waals surface area contributed by atoms with Crippen LogP contribution >= 0.6 is 46.4 Å². The van der Waals surface area contributed by atoms with Gasteiger partial charge in [0.25, 0.3) is 5.91 Å². The summed E-state index contributed by atoms with van der Waals surface area (Å²) in [6, 6.07) is 4.96. The number of nitrogens with two attached hydrogens (primary N) is 1. The van der Waals surface area contributed by atoms with Crippen LogP contribution in [0, 0.1) is 5.92 Å². The van der Waals surface area contributed by atoms with Crippen LogP contribution in [-0.2, 0) is 80.0 Å². The molecule has 684 valence electrons. The lowest BCUT2D eigenvalue weighted by Gasteiger charge is -2.48. The fourth-order valence-corrected chi connectivity index (χ4v) is 15.9. The van der Waals surface area contributed by atoms with E-state index in [1.165, 1.54) is 62.1 Å². The van der Waals surface area contributed by atoms with Crippen LogP contribution in [0.1, 0.15) is 111 Å². The van der Waals surface area contributed by atoms with Gasteiger partial charge in [-0.05, 0) is 139 Å². The number of aliphatic hydroxyl groups excluding tert-OH is 6. The molecule has 0 unspecified atom stereocenters. The predicted molar refractivity (Wildman–Crippen MR) is 451 cm³/mol. The Morgan fingerprint density at radius 2 is 1.34 bits per heavy atom. The first kappa shape index (κ1) is 95.5. The molecule has 1 aromatic heterocycles. The number of aromatic hydroxyl groups is 3. The fraction of sp³-hybridized carbons (Fsp3) is 0.398. The Labute approximate surface area is 747 Å². The molecule has 18 atom stereocenters. The molecule has 6 aromatic carbocycles. The number of rotatable bonds is 23. The molecular weight excluding hydrogens is 1770 g/mol. The Hall–Kier alpha value is -11.6. The van der Waals surface area contributed by atoms with Gasteiger partial charge in [-0.2, -0.15) is 4.98 Å². The van der Waals surface area contributed by atoms with E-state index >= 15 is 24.0 Å². The van der Waals surface area contributed by atoms with E-state index in [4.69, 9.17) is 85.4 Å². The quantitative estimate of drug-likeness (QED) is 0.0400. The van der Waals surface area contributed by atoms with E-state index < -0.39 is 277 Å². The number of aromatic nitrogens is 2. The maximum absolute atomic E-state index is 16.4. The molecule has 45 heteroatoms. The number of carbonyl (C=O) groups excluding carboxylic acids is 10. The van der Waals surface area contributed by atoms with Crippen molar-refractivity contribution in [3.8, 4) is 57.1 Å². The predicted octanol–water partition coefficient (Wildman–Crippen LogP) is 1.19. The minimum absolute atomic E-state index is 0.0486. The van der Waals surface area contributed by atoms with Gasteiger partial charge >= 0.3 is 5.69 Å². The number of halogens is 4. The van der Waals surface area contributed by atoms with Crippen molar-refractivity contribution >= 4 is 111 Å². The number of benzene rings is 6. The van der Waals surface area contributed by atoms with E-state index in [-0.39, 0.29) is 65.3 Å². The average molecular weight is 1860 g/mol. The third kappa shape index (κ3) is 21.9. The van der Waals surface area contributed by atoms with Crippen LogP contribution in [-0.4, -0.2) is 227 Å². The summed E-state index contributed by atoms with van der Waals surface area (Å²) in [4.78, 5) is 168. The Balaban J connectivity index is 0.998. The smallest absolute Gasteiger partial charge is 0.349 e. The molecule has 10 amide bonds. The summed E-state index contributed by atoms with van der Waals surface area (Å²) in [6.45, 7) is 4.71. The van der Waals surface area contributed by atoms with E-state index in [9.17, 15) is 74.7 Å². The molecule has 0 saturated carbocycles. The summed E-state index contributed by atoms with van der Waals surface area (Å²) in [5.74, 6) is -17.4. The van der Waals surface area contributed by atoms with Crippen LogP contribution in [0.2, 0.25) is 20.1 Å². The zero-order chi connectivity index (χ0) is 92.8. The molecule has 128 heavy (non-hydrogen) atoms. The molecular formula is C83H92Cl4N14O27. The second-order valence-corrected chi connectivity index (χ2v) is 33.0. The standard InChI is InChI=1S/C83H92Cl4N14O27/c1-33(2)19-47(89-5)74(114)98-65-67(109)37-9-13-51(45(86)23-37)124-53-25-39-26-54(71(53)128-81-72(70(112)69(111)55(31-102)126-81)127-60-30-83(4,73(113)34(3)123-60)91-16-18-101-17-15-57(94-82(101)121)93-58(107)21-35-7-11-43(84)44(85)20-35)125-52-14-10-38(24-46(52)87)68(110)66-79(119)97-64(80(120)100-122-32-59(108)90-6)42-27-40(103)28-50(105)61(42)41-22-36(8-12-49(41)104)62(76(116)99-66)96-77(117)63(39)95-75(115)48(29-56(88)106)92-78(65)118/h7-15,17,20,22-28,33-34,47-48,55,60,62-70,72-73,81,89,91,102-105,109-113H,16,18-19,21,29-32H2,1-6H3,(H2,88,106)(H,90,108)(H,92,118)(H,95,115)(H,96,117)(H,97,119)(H,98,114)(H,99,116)(H,100,120)(H,93,94,107,121)/t34-,47+,48-,55+,60-,62+,63+,64+,65+,66-,67+,68+,69+,70-,72+,73+,81-,83-/m0/s1. The Kier molecular flexibility index (Phi) is 30.4. The van der Waals surface area contributed by atoms with Crippen molar-refractivity contribution in [1.82, 2.24) is 62.9 Å². The number of hydrogen-bond acceptors (Lipinski definition) is 30. The van der Waals surface area contributed by atoms with Crippen molar-refractivity contribution in [1.29, 1.82) is 0 Å². The van der Waals surface area contributed by atoms with Gasteiger partial charge in [0.1, 0.15) is 101 Å². The van der Waals surface area contributed by atoms with E-state index in [1.807, 2.05) is 5.48 Å². The number of primary amides is 1. The molecule has 7 aliphatic rings. The Morgan fingerprint density at radius 1 is 0.688 bits per heavy atom. The van der Waals surface area contributed by atoms with Gasteiger partial charge in [0.2, 0.25) is 65.2 Å². The summed E-state index contributed by atoms with van der Waals surface area (Å²) >= 11 is 26.5. The molecule has 14 rings (SSSR count). The minimum atomic E-state index is -2.42. The zero-order valence-electron chi connectivity index (χ0n) is 68.8. The monoisotopic (exact) mass is 1860 g/mol. The van der Waals surface area contributed by atoms with Crippen molar-refractivity contribution in [3.63, 3.8) is 0 Å². The molecule has 41 nitrogen and oxygen atoms in total. The van der Waals surface area contributed by atoms with E-state index in [1.54, 1.807) is 26.8 Å². The topological polar surface area (TPSA) is 611 Å². The number of carbonyl (C=O) groups is 10. The summed E-state index contributed by atoms with van der Waals surface area (Å²) in [7, 11) is 2.71. The summed E-state index contributed by atoms with van der Waals surface area (Å²) in [5, 5.41) is 132.